The Morgan fingerprint density at radius 2 is 2.06 bits per heavy atom. The molecular formula is C26H35N3O2. The minimum atomic E-state index is 0.230. The summed E-state index contributed by atoms with van der Waals surface area (Å²) in [4.78, 5) is 14.8. The minimum Gasteiger partial charge on any atom is -0.373 e. The van der Waals surface area contributed by atoms with E-state index in [4.69, 9.17) is 4.74 Å². The van der Waals surface area contributed by atoms with Crippen molar-refractivity contribution in [1.29, 1.82) is 0 Å². The van der Waals surface area contributed by atoms with E-state index in [0.717, 1.165) is 51.8 Å². The summed E-state index contributed by atoms with van der Waals surface area (Å²) in [6.07, 6.45) is 10.9. The first kappa shape index (κ1) is 20.7. The van der Waals surface area contributed by atoms with Gasteiger partial charge in [0.1, 0.15) is 0 Å². The van der Waals surface area contributed by atoms with Gasteiger partial charge in [0.15, 0.2) is 0 Å². The number of likely N-dealkylation sites (tertiary alicyclic amines) is 1. The van der Waals surface area contributed by atoms with E-state index >= 15 is 0 Å². The van der Waals surface area contributed by atoms with Gasteiger partial charge in [0.25, 0.3) is 0 Å². The summed E-state index contributed by atoms with van der Waals surface area (Å²) in [5, 5.41) is 6.82. The maximum Gasteiger partial charge on any atom is 0.222 e. The van der Waals surface area contributed by atoms with Gasteiger partial charge < -0.3 is 9.64 Å². The predicted octanol–water partition coefficient (Wildman–Crippen LogP) is 4.70. The van der Waals surface area contributed by atoms with Crippen LogP contribution in [0.25, 0.3) is 0 Å². The lowest BCUT2D eigenvalue weighted by Gasteiger charge is -2.55. The van der Waals surface area contributed by atoms with Crippen LogP contribution in [-0.4, -0.2) is 40.7 Å². The van der Waals surface area contributed by atoms with Gasteiger partial charge in [0.05, 0.1) is 18.9 Å². The van der Waals surface area contributed by atoms with Gasteiger partial charge in [-0.3, -0.25) is 9.89 Å². The number of H-pyrrole nitrogens is 1. The molecule has 0 unspecified atom stereocenters. The summed E-state index contributed by atoms with van der Waals surface area (Å²) >= 11 is 0. The van der Waals surface area contributed by atoms with Gasteiger partial charge in [0.2, 0.25) is 5.91 Å². The number of aromatic amines is 1. The fraction of sp³-hybridized carbons (Fsp3) is 0.615. The van der Waals surface area contributed by atoms with Gasteiger partial charge in [-0.2, -0.15) is 5.10 Å². The number of amides is 1. The number of fused-ring (bicyclic) bond motifs is 3. The molecule has 2 atom stereocenters. The molecular weight excluding hydrogens is 386 g/mol. The van der Waals surface area contributed by atoms with Crippen molar-refractivity contribution in [2.24, 2.45) is 16.7 Å². The van der Waals surface area contributed by atoms with Crippen LogP contribution in [0.2, 0.25) is 0 Å². The Bertz CT molecular complexity index is 912. The molecule has 31 heavy (non-hydrogen) atoms. The van der Waals surface area contributed by atoms with Crippen LogP contribution in [0.4, 0.5) is 0 Å². The highest BCUT2D eigenvalue weighted by Crippen LogP contribution is 2.56. The van der Waals surface area contributed by atoms with Crippen molar-refractivity contribution in [3.05, 3.63) is 53.3 Å². The number of piperidine rings is 1. The number of carbonyl (C=O) groups is 1. The number of carbonyl (C=O) groups excluding carboxylic acids is 1. The first-order chi connectivity index (χ1) is 15.0. The summed E-state index contributed by atoms with van der Waals surface area (Å²) in [5.41, 5.74) is 4.52. The smallest absolute Gasteiger partial charge is 0.222 e. The number of aromatic nitrogens is 2. The summed E-state index contributed by atoms with van der Waals surface area (Å²) in [6, 6.07) is 8.85. The molecule has 1 spiro atoms. The SMILES string of the molecule is CC1(C)Cc2ccccc2[C@@H]2OCC3(CCN(C(=O)CCCc4cn[nH]c4)CC3)C[C@H]21. The minimum absolute atomic E-state index is 0.230. The third kappa shape index (κ3) is 4.05. The second-order valence-electron chi connectivity index (χ2n) is 10.7. The van der Waals surface area contributed by atoms with Crippen LogP contribution in [-0.2, 0) is 22.4 Å². The monoisotopic (exact) mass is 421 g/mol. The summed E-state index contributed by atoms with van der Waals surface area (Å²) < 4.78 is 6.63. The molecule has 1 N–H and O–H groups in total. The zero-order valence-corrected chi connectivity index (χ0v) is 18.9. The molecule has 2 aliphatic heterocycles. The van der Waals surface area contributed by atoms with Crippen LogP contribution >= 0.6 is 0 Å². The Morgan fingerprint density at radius 3 is 2.84 bits per heavy atom. The van der Waals surface area contributed by atoms with E-state index in [1.165, 1.54) is 23.1 Å². The molecule has 5 nitrogen and oxygen atoms in total. The van der Waals surface area contributed by atoms with Crippen LogP contribution in [0.1, 0.15) is 68.7 Å². The highest BCUT2D eigenvalue weighted by atomic mass is 16.5. The number of ether oxygens (including phenoxy) is 1. The van der Waals surface area contributed by atoms with Crippen molar-refractivity contribution in [2.45, 2.75) is 64.9 Å². The molecule has 0 saturated carbocycles. The largest absolute Gasteiger partial charge is 0.373 e. The molecule has 0 radical (unpaired) electrons. The van der Waals surface area contributed by atoms with Crippen molar-refractivity contribution in [2.75, 3.05) is 19.7 Å². The van der Waals surface area contributed by atoms with Crippen LogP contribution in [0, 0.1) is 16.7 Å². The lowest BCUT2D eigenvalue weighted by Crippen LogP contribution is -2.52. The van der Waals surface area contributed by atoms with Crippen molar-refractivity contribution >= 4 is 5.91 Å². The normalized spacial score (nSPS) is 26.3. The predicted molar refractivity (Wildman–Crippen MR) is 120 cm³/mol. The summed E-state index contributed by atoms with van der Waals surface area (Å²) in [5.74, 6) is 0.855. The van der Waals surface area contributed by atoms with Crippen molar-refractivity contribution in [3.63, 3.8) is 0 Å². The Hall–Kier alpha value is -2.14. The summed E-state index contributed by atoms with van der Waals surface area (Å²) in [6.45, 7) is 7.43. The first-order valence-electron chi connectivity index (χ1n) is 11.9. The molecule has 1 aromatic carbocycles. The van der Waals surface area contributed by atoms with Gasteiger partial charge in [-0.25, -0.2) is 0 Å². The van der Waals surface area contributed by atoms with Crippen molar-refractivity contribution in [3.8, 4) is 0 Å². The lowest BCUT2D eigenvalue weighted by molar-refractivity contribution is -0.159. The zero-order valence-electron chi connectivity index (χ0n) is 18.9. The summed E-state index contributed by atoms with van der Waals surface area (Å²) in [7, 11) is 0. The van der Waals surface area contributed by atoms with E-state index in [0.29, 0.717) is 18.2 Å². The maximum atomic E-state index is 12.7. The van der Waals surface area contributed by atoms with Gasteiger partial charge in [0, 0.05) is 25.7 Å². The molecule has 0 bridgehead atoms. The van der Waals surface area contributed by atoms with Crippen LogP contribution < -0.4 is 0 Å². The van der Waals surface area contributed by atoms with Crippen LogP contribution in [0.5, 0.6) is 0 Å². The molecule has 1 amide bonds. The molecule has 166 valence electrons. The Kier molecular flexibility index (Phi) is 5.41. The van der Waals surface area contributed by atoms with E-state index < -0.39 is 0 Å². The van der Waals surface area contributed by atoms with E-state index in [1.54, 1.807) is 0 Å². The highest BCUT2D eigenvalue weighted by Gasteiger charge is 2.51. The second kappa shape index (κ2) is 8.09. The molecule has 5 rings (SSSR count). The van der Waals surface area contributed by atoms with E-state index in [-0.39, 0.29) is 16.9 Å². The number of nitrogens with zero attached hydrogens (tertiary/aromatic N) is 2. The second-order valence-corrected chi connectivity index (χ2v) is 10.7. The molecule has 2 saturated heterocycles. The van der Waals surface area contributed by atoms with Crippen LogP contribution in [0.15, 0.2) is 36.7 Å². The quantitative estimate of drug-likeness (QED) is 0.778. The van der Waals surface area contributed by atoms with Crippen LogP contribution in [0.3, 0.4) is 0 Å². The lowest BCUT2D eigenvalue weighted by atomic mass is 9.57. The first-order valence-corrected chi connectivity index (χ1v) is 11.9. The molecule has 3 heterocycles. The number of hydrogen-bond acceptors (Lipinski definition) is 3. The van der Waals surface area contributed by atoms with Gasteiger partial charge >= 0.3 is 0 Å². The number of hydrogen-bond donors (Lipinski definition) is 1. The Balaban J connectivity index is 1.19. The highest BCUT2D eigenvalue weighted by molar-refractivity contribution is 5.76. The third-order valence-electron chi connectivity index (χ3n) is 8.19. The average molecular weight is 422 g/mol. The molecule has 2 aromatic rings. The zero-order chi connectivity index (χ0) is 21.5. The third-order valence-corrected chi connectivity index (χ3v) is 8.19. The van der Waals surface area contributed by atoms with Gasteiger partial charge in [-0.1, -0.05) is 38.1 Å². The number of benzene rings is 1. The van der Waals surface area contributed by atoms with Gasteiger partial charge in [-0.15, -0.1) is 0 Å². The Labute approximate surface area is 185 Å². The number of aryl methyl sites for hydroxylation is 1. The molecule has 1 aliphatic carbocycles. The van der Waals surface area contributed by atoms with Crippen molar-refractivity contribution in [1.82, 2.24) is 15.1 Å². The fourth-order valence-electron chi connectivity index (χ4n) is 6.20. The number of nitrogens with one attached hydrogen (secondary N) is 1. The molecule has 5 heteroatoms. The van der Waals surface area contributed by atoms with Crippen molar-refractivity contribution < 1.29 is 9.53 Å². The molecule has 3 aliphatic rings. The fourth-order valence-corrected chi connectivity index (χ4v) is 6.20. The molecule has 2 fully saturated rings. The number of rotatable bonds is 4. The van der Waals surface area contributed by atoms with E-state index in [2.05, 4.69) is 53.2 Å². The standard InChI is InChI=1S/C26H35N3O2/c1-25(2)14-20-7-3-4-8-21(20)24-22(25)15-26(18-31-24)10-12-29(13-11-26)23(30)9-5-6-19-16-27-28-17-19/h3-4,7-8,16-17,22,24H,5-6,9-15,18H2,1-2H3,(H,27,28)/t22-,24+/m1/s1. The van der Waals surface area contributed by atoms with Gasteiger partial charge in [-0.05, 0) is 72.0 Å². The molecule has 1 aromatic heterocycles. The van der Waals surface area contributed by atoms with E-state index in [9.17, 15) is 4.79 Å². The topological polar surface area (TPSA) is 58.2 Å². The van der Waals surface area contributed by atoms with E-state index in [1.807, 2.05) is 12.4 Å². The maximum absolute atomic E-state index is 12.7. The average Bonchev–Trinajstić information content (AvgIpc) is 3.28. The Morgan fingerprint density at radius 1 is 1.26 bits per heavy atom.